The van der Waals surface area contributed by atoms with E-state index < -0.39 is 0 Å². The molecule has 2 N–H and O–H groups in total. The average Bonchev–Trinajstić information content (AvgIpc) is 2.32. The molecule has 0 aromatic heterocycles. The van der Waals surface area contributed by atoms with Crippen LogP contribution < -0.4 is 5.73 Å². The van der Waals surface area contributed by atoms with Gasteiger partial charge in [-0.1, -0.05) is 45.2 Å². The van der Waals surface area contributed by atoms with Crippen LogP contribution in [0.25, 0.3) is 0 Å². The van der Waals surface area contributed by atoms with Gasteiger partial charge < -0.3 is 5.73 Å². The van der Waals surface area contributed by atoms with Crippen molar-refractivity contribution in [3.8, 4) is 0 Å². The maximum absolute atomic E-state index is 6.26. The highest BCUT2D eigenvalue weighted by atomic mass is 79.9. The van der Waals surface area contributed by atoms with Crippen molar-refractivity contribution in [2.75, 3.05) is 0 Å². The molecule has 1 nitrogen and oxygen atoms in total. The normalized spacial score (nSPS) is 12.5. The second-order valence-corrected chi connectivity index (χ2v) is 6.37. The Hall–Kier alpha value is -0.540. The topological polar surface area (TPSA) is 26.0 Å². The Labute approximate surface area is 131 Å². The van der Waals surface area contributed by atoms with Crippen molar-refractivity contribution >= 4 is 39.1 Å². The zero-order valence-corrected chi connectivity index (χ0v) is 13.6. The SMILES string of the molecule is Cc1cc(Br)cc(C(N)Cc2cc(Cl)ccc2Cl)c1. The number of nitrogens with two attached hydrogens (primary N) is 1. The zero-order chi connectivity index (χ0) is 14.0. The van der Waals surface area contributed by atoms with Crippen molar-refractivity contribution in [3.05, 3.63) is 67.6 Å². The highest BCUT2D eigenvalue weighted by Gasteiger charge is 2.11. The molecule has 0 radical (unpaired) electrons. The summed E-state index contributed by atoms with van der Waals surface area (Å²) >= 11 is 15.6. The molecule has 0 aliphatic heterocycles. The Kier molecular flexibility index (Phi) is 4.91. The summed E-state index contributed by atoms with van der Waals surface area (Å²) in [7, 11) is 0. The van der Waals surface area contributed by atoms with Crippen LogP contribution in [0.3, 0.4) is 0 Å². The summed E-state index contributed by atoms with van der Waals surface area (Å²) in [5, 5.41) is 1.38. The molecule has 0 saturated heterocycles. The van der Waals surface area contributed by atoms with Crippen molar-refractivity contribution in [2.45, 2.75) is 19.4 Å². The first kappa shape index (κ1) is 14.9. The molecule has 2 aromatic rings. The van der Waals surface area contributed by atoms with Gasteiger partial charge in [0, 0.05) is 20.6 Å². The number of rotatable bonds is 3. The molecular weight excluding hydrogens is 345 g/mol. The van der Waals surface area contributed by atoms with Gasteiger partial charge in [0.05, 0.1) is 0 Å². The summed E-state index contributed by atoms with van der Waals surface area (Å²) in [5.74, 6) is 0. The molecule has 0 heterocycles. The molecule has 1 unspecified atom stereocenters. The number of hydrogen-bond acceptors (Lipinski definition) is 1. The van der Waals surface area contributed by atoms with Gasteiger partial charge in [0.25, 0.3) is 0 Å². The molecule has 0 aliphatic rings. The highest BCUT2D eigenvalue weighted by Crippen LogP contribution is 2.27. The maximum Gasteiger partial charge on any atom is 0.0439 e. The number of halogens is 3. The predicted octanol–water partition coefficient (Wildman–Crippen LogP) is 5.31. The molecule has 0 saturated carbocycles. The van der Waals surface area contributed by atoms with E-state index in [1.54, 1.807) is 12.1 Å². The number of benzene rings is 2. The second-order valence-electron chi connectivity index (χ2n) is 4.61. The second kappa shape index (κ2) is 6.27. The number of hydrogen-bond donors (Lipinski definition) is 1. The first-order valence-electron chi connectivity index (χ1n) is 5.92. The van der Waals surface area contributed by atoms with Gasteiger partial charge in [-0.15, -0.1) is 0 Å². The van der Waals surface area contributed by atoms with Gasteiger partial charge in [-0.3, -0.25) is 0 Å². The van der Waals surface area contributed by atoms with E-state index in [-0.39, 0.29) is 6.04 Å². The van der Waals surface area contributed by atoms with Gasteiger partial charge in [-0.05, 0) is 60.4 Å². The maximum atomic E-state index is 6.26. The third-order valence-corrected chi connectivity index (χ3v) is 4.00. The van der Waals surface area contributed by atoms with Crippen LogP contribution >= 0.6 is 39.1 Å². The largest absolute Gasteiger partial charge is 0.324 e. The number of aryl methyl sites for hydroxylation is 1. The van der Waals surface area contributed by atoms with Gasteiger partial charge in [0.15, 0.2) is 0 Å². The molecule has 1 atom stereocenters. The lowest BCUT2D eigenvalue weighted by molar-refractivity contribution is 0.721. The Balaban J connectivity index is 2.25. The standard InChI is InChI=1S/C15H14BrCl2N/c1-9-4-11(6-12(16)5-9)15(19)8-10-7-13(17)2-3-14(10)18/h2-7,15H,8,19H2,1H3. The predicted molar refractivity (Wildman–Crippen MR) is 86.0 cm³/mol. The summed E-state index contributed by atoms with van der Waals surface area (Å²) in [6.07, 6.45) is 0.662. The van der Waals surface area contributed by atoms with E-state index in [4.69, 9.17) is 28.9 Å². The zero-order valence-electron chi connectivity index (χ0n) is 10.5. The minimum absolute atomic E-state index is 0.104. The van der Waals surface area contributed by atoms with Crippen LogP contribution in [0.2, 0.25) is 10.0 Å². The van der Waals surface area contributed by atoms with Crippen LogP contribution in [0, 0.1) is 6.92 Å². The van der Waals surface area contributed by atoms with E-state index in [9.17, 15) is 0 Å². The molecule has 0 aliphatic carbocycles. The third kappa shape index (κ3) is 3.96. The van der Waals surface area contributed by atoms with Gasteiger partial charge in [0.2, 0.25) is 0 Å². The van der Waals surface area contributed by atoms with Crippen LogP contribution in [0.15, 0.2) is 40.9 Å². The van der Waals surface area contributed by atoms with Crippen molar-refractivity contribution < 1.29 is 0 Å². The molecule has 0 amide bonds. The minimum atomic E-state index is -0.104. The van der Waals surface area contributed by atoms with E-state index >= 15 is 0 Å². The minimum Gasteiger partial charge on any atom is -0.324 e. The van der Waals surface area contributed by atoms with E-state index in [1.807, 2.05) is 19.1 Å². The van der Waals surface area contributed by atoms with E-state index in [0.29, 0.717) is 16.5 Å². The fraction of sp³-hybridized carbons (Fsp3) is 0.200. The van der Waals surface area contributed by atoms with Gasteiger partial charge in [-0.25, -0.2) is 0 Å². The summed E-state index contributed by atoms with van der Waals surface area (Å²) in [6, 6.07) is 11.5. The van der Waals surface area contributed by atoms with E-state index in [1.165, 1.54) is 5.56 Å². The Morgan fingerprint density at radius 2 is 1.89 bits per heavy atom. The molecule has 4 heteroatoms. The van der Waals surface area contributed by atoms with Crippen molar-refractivity contribution in [1.82, 2.24) is 0 Å². The van der Waals surface area contributed by atoms with Crippen LogP contribution in [-0.4, -0.2) is 0 Å². The lowest BCUT2D eigenvalue weighted by Crippen LogP contribution is -2.13. The average molecular weight is 359 g/mol. The lowest BCUT2D eigenvalue weighted by atomic mass is 9.98. The van der Waals surface area contributed by atoms with Crippen LogP contribution in [0.1, 0.15) is 22.7 Å². The smallest absolute Gasteiger partial charge is 0.0439 e. The van der Waals surface area contributed by atoms with Gasteiger partial charge in [0.1, 0.15) is 0 Å². The van der Waals surface area contributed by atoms with Gasteiger partial charge in [-0.2, -0.15) is 0 Å². The molecule has 0 fully saturated rings. The first-order chi connectivity index (χ1) is 8.95. The fourth-order valence-corrected chi connectivity index (χ4v) is 3.05. The molecule has 0 bridgehead atoms. The molecule has 0 spiro atoms. The molecule has 2 rings (SSSR count). The first-order valence-corrected chi connectivity index (χ1v) is 7.47. The molecule has 19 heavy (non-hydrogen) atoms. The Bertz CT molecular complexity index is 578. The lowest BCUT2D eigenvalue weighted by Gasteiger charge is -2.14. The van der Waals surface area contributed by atoms with Gasteiger partial charge >= 0.3 is 0 Å². The fourth-order valence-electron chi connectivity index (χ4n) is 2.03. The Morgan fingerprint density at radius 3 is 2.58 bits per heavy atom. The molecule has 100 valence electrons. The van der Waals surface area contributed by atoms with Crippen molar-refractivity contribution in [2.24, 2.45) is 5.73 Å². The van der Waals surface area contributed by atoms with Crippen LogP contribution in [0.4, 0.5) is 0 Å². The molecule has 2 aromatic carbocycles. The third-order valence-electron chi connectivity index (χ3n) is 2.94. The van der Waals surface area contributed by atoms with Crippen molar-refractivity contribution in [1.29, 1.82) is 0 Å². The quantitative estimate of drug-likeness (QED) is 0.790. The summed E-state index contributed by atoms with van der Waals surface area (Å²) in [4.78, 5) is 0. The summed E-state index contributed by atoms with van der Waals surface area (Å²) < 4.78 is 1.04. The highest BCUT2D eigenvalue weighted by molar-refractivity contribution is 9.10. The molecular formula is C15H14BrCl2N. The van der Waals surface area contributed by atoms with E-state index in [0.717, 1.165) is 15.6 Å². The monoisotopic (exact) mass is 357 g/mol. The summed E-state index contributed by atoms with van der Waals surface area (Å²) in [5.41, 5.74) is 9.50. The Morgan fingerprint density at radius 1 is 1.16 bits per heavy atom. The summed E-state index contributed by atoms with van der Waals surface area (Å²) in [6.45, 7) is 2.05. The van der Waals surface area contributed by atoms with Crippen LogP contribution in [-0.2, 0) is 6.42 Å². The van der Waals surface area contributed by atoms with E-state index in [2.05, 4.69) is 28.1 Å². The van der Waals surface area contributed by atoms with Crippen molar-refractivity contribution in [3.63, 3.8) is 0 Å². The van der Waals surface area contributed by atoms with Crippen LogP contribution in [0.5, 0.6) is 0 Å².